The lowest BCUT2D eigenvalue weighted by molar-refractivity contribution is 0.415. The van der Waals surface area contributed by atoms with E-state index >= 15 is 0 Å². The van der Waals surface area contributed by atoms with Gasteiger partial charge in [0.25, 0.3) is 0 Å². The highest BCUT2D eigenvalue weighted by Gasteiger charge is 2.39. The van der Waals surface area contributed by atoms with Gasteiger partial charge in [0.2, 0.25) is 0 Å². The quantitative estimate of drug-likeness (QED) is 0.890. The van der Waals surface area contributed by atoms with Gasteiger partial charge in [-0.3, -0.25) is 5.32 Å². The van der Waals surface area contributed by atoms with Gasteiger partial charge < -0.3 is 0 Å². The average Bonchev–Trinajstić information content (AvgIpc) is 3.10. The number of hydrogen-bond acceptors (Lipinski definition) is 2. The predicted octanol–water partition coefficient (Wildman–Crippen LogP) is 3.00. The molecule has 1 aromatic carbocycles. The summed E-state index contributed by atoms with van der Waals surface area (Å²) in [6.07, 6.45) is 4.43. The molecule has 1 atom stereocenters. The normalized spacial score (nSPS) is 26.6. The molecule has 1 unspecified atom stereocenters. The topological polar surface area (TPSA) is 35.8 Å². The molecule has 17 heavy (non-hydrogen) atoms. The Balaban J connectivity index is 1.89. The Hall–Kier alpha value is -1.04. The first-order chi connectivity index (χ1) is 8.23. The molecule has 2 nitrogen and oxygen atoms in total. The SMILES string of the molecule is N#CC1(NCC2CC2)CCc2cc(Cl)ccc21. The molecule has 0 heterocycles. The summed E-state index contributed by atoms with van der Waals surface area (Å²) in [6.45, 7) is 0.968. The lowest BCUT2D eigenvalue weighted by atomic mass is 9.93. The standard InChI is InChI=1S/C14H15ClN2/c15-12-3-4-13-11(7-12)5-6-14(13,9-16)17-8-10-1-2-10/h3-4,7,10,17H,1-2,5-6,8H2. The van der Waals surface area contributed by atoms with Crippen molar-refractivity contribution in [2.24, 2.45) is 5.92 Å². The molecule has 1 saturated carbocycles. The first-order valence-electron chi connectivity index (χ1n) is 6.19. The Kier molecular flexibility index (Phi) is 2.61. The van der Waals surface area contributed by atoms with Crippen molar-refractivity contribution in [1.82, 2.24) is 5.32 Å². The van der Waals surface area contributed by atoms with E-state index in [1.54, 1.807) is 0 Å². The van der Waals surface area contributed by atoms with Gasteiger partial charge in [-0.25, -0.2) is 0 Å². The molecule has 1 aromatic rings. The van der Waals surface area contributed by atoms with Crippen LogP contribution in [0, 0.1) is 17.2 Å². The van der Waals surface area contributed by atoms with Crippen LogP contribution in [0.25, 0.3) is 0 Å². The van der Waals surface area contributed by atoms with Crippen molar-refractivity contribution in [1.29, 1.82) is 5.26 Å². The molecular formula is C14H15ClN2. The van der Waals surface area contributed by atoms with Crippen LogP contribution in [0.1, 0.15) is 30.4 Å². The molecule has 3 heteroatoms. The van der Waals surface area contributed by atoms with E-state index < -0.39 is 5.54 Å². The fraction of sp³-hybridized carbons (Fsp3) is 0.500. The number of nitriles is 1. The Morgan fingerprint density at radius 2 is 2.29 bits per heavy atom. The van der Waals surface area contributed by atoms with Crippen LogP contribution in [0.5, 0.6) is 0 Å². The van der Waals surface area contributed by atoms with E-state index in [-0.39, 0.29) is 0 Å². The summed E-state index contributed by atoms with van der Waals surface area (Å²) in [4.78, 5) is 0. The van der Waals surface area contributed by atoms with Crippen LogP contribution in [-0.2, 0) is 12.0 Å². The van der Waals surface area contributed by atoms with E-state index in [0.717, 1.165) is 35.9 Å². The maximum absolute atomic E-state index is 9.52. The summed E-state index contributed by atoms with van der Waals surface area (Å²) in [6, 6.07) is 8.37. The number of nitrogens with one attached hydrogen (secondary N) is 1. The van der Waals surface area contributed by atoms with Crippen LogP contribution in [0.2, 0.25) is 5.02 Å². The molecule has 88 valence electrons. The van der Waals surface area contributed by atoms with Crippen molar-refractivity contribution >= 4 is 11.6 Å². The first kappa shape index (κ1) is 11.1. The molecule has 2 aliphatic carbocycles. The van der Waals surface area contributed by atoms with Crippen molar-refractivity contribution in [3.63, 3.8) is 0 Å². The van der Waals surface area contributed by atoms with Crippen LogP contribution < -0.4 is 5.32 Å². The largest absolute Gasteiger partial charge is 0.295 e. The summed E-state index contributed by atoms with van der Waals surface area (Å²) in [5.41, 5.74) is 1.88. The molecule has 0 saturated heterocycles. The second-order valence-electron chi connectivity index (χ2n) is 5.14. The van der Waals surface area contributed by atoms with Gasteiger partial charge in [-0.15, -0.1) is 0 Å². The Morgan fingerprint density at radius 1 is 1.47 bits per heavy atom. The summed E-state index contributed by atoms with van der Waals surface area (Å²) in [7, 11) is 0. The smallest absolute Gasteiger partial charge is 0.132 e. The Morgan fingerprint density at radius 3 is 3.00 bits per heavy atom. The molecule has 0 amide bonds. The highest BCUT2D eigenvalue weighted by molar-refractivity contribution is 6.30. The second kappa shape index (κ2) is 4.01. The zero-order chi connectivity index (χ0) is 11.9. The van der Waals surface area contributed by atoms with Crippen molar-refractivity contribution in [2.45, 2.75) is 31.2 Å². The van der Waals surface area contributed by atoms with Crippen LogP contribution >= 0.6 is 11.6 Å². The number of aryl methyl sites for hydroxylation is 1. The molecule has 0 radical (unpaired) electrons. The van der Waals surface area contributed by atoms with Gasteiger partial charge in [0.05, 0.1) is 6.07 Å². The minimum absolute atomic E-state index is 0.470. The zero-order valence-corrected chi connectivity index (χ0v) is 10.4. The molecule has 0 bridgehead atoms. The third kappa shape index (κ3) is 1.94. The first-order valence-corrected chi connectivity index (χ1v) is 6.56. The van der Waals surface area contributed by atoms with Crippen LogP contribution in [0.4, 0.5) is 0 Å². The lowest BCUT2D eigenvalue weighted by Crippen LogP contribution is -2.40. The van der Waals surface area contributed by atoms with E-state index in [4.69, 9.17) is 11.6 Å². The van der Waals surface area contributed by atoms with Gasteiger partial charge in [-0.1, -0.05) is 17.7 Å². The van der Waals surface area contributed by atoms with E-state index in [2.05, 4.69) is 11.4 Å². The van der Waals surface area contributed by atoms with E-state index in [1.807, 2.05) is 18.2 Å². The minimum atomic E-state index is -0.470. The maximum Gasteiger partial charge on any atom is 0.132 e. The maximum atomic E-state index is 9.52. The van der Waals surface area contributed by atoms with E-state index in [0.29, 0.717) is 0 Å². The van der Waals surface area contributed by atoms with Gasteiger partial charge in [0, 0.05) is 5.02 Å². The molecule has 0 aromatic heterocycles. The number of benzene rings is 1. The molecule has 3 rings (SSSR count). The molecular weight excluding hydrogens is 232 g/mol. The van der Waals surface area contributed by atoms with Crippen molar-refractivity contribution < 1.29 is 0 Å². The lowest BCUT2D eigenvalue weighted by Gasteiger charge is -2.24. The van der Waals surface area contributed by atoms with Crippen molar-refractivity contribution in [3.05, 3.63) is 34.3 Å². The molecule has 0 aliphatic heterocycles. The van der Waals surface area contributed by atoms with Gasteiger partial charge in [0.15, 0.2) is 0 Å². The van der Waals surface area contributed by atoms with Crippen molar-refractivity contribution in [2.75, 3.05) is 6.54 Å². The fourth-order valence-corrected chi connectivity index (χ4v) is 2.82. The highest BCUT2D eigenvalue weighted by Crippen LogP contribution is 2.39. The van der Waals surface area contributed by atoms with Crippen LogP contribution in [-0.4, -0.2) is 6.54 Å². The van der Waals surface area contributed by atoms with E-state index in [1.165, 1.54) is 18.4 Å². The summed E-state index contributed by atoms with van der Waals surface area (Å²) in [5, 5.41) is 13.8. The Labute approximate surface area is 107 Å². The third-order valence-electron chi connectivity index (χ3n) is 3.88. The average molecular weight is 247 g/mol. The zero-order valence-electron chi connectivity index (χ0n) is 9.67. The highest BCUT2D eigenvalue weighted by atomic mass is 35.5. The van der Waals surface area contributed by atoms with Gasteiger partial charge in [-0.05, 0) is 61.4 Å². The summed E-state index contributed by atoms with van der Waals surface area (Å²) in [5.74, 6) is 0.788. The van der Waals surface area contributed by atoms with Crippen LogP contribution in [0.3, 0.4) is 0 Å². The van der Waals surface area contributed by atoms with Gasteiger partial charge in [-0.2, -0.15) is 5.26 Å². The number of hydrogen-bond donors (Lipinski definition) is 1. The number of halogens is 1. The second-order valence-corrected chi connectivity index (χ2v) is 5.58. The molecule has 0 spiro atoms. The Bertz CT molecular complexity index is 487. The number of fused-ring (bicyclic) bond motifs is 1. The minimum Gasteiger partial charge on any atom is -0.295 e. The molecule has 1 fully saturated rings. The van der Waals surface area contributed by atoms with E-state index in [9.17, 15) is 5.26 Å². The van der Waals surface area contributed by atoms with Gasteiger partial charge in [0.1, 0.15) is 5.54 Å². The molecule has 2 aliphatic rings. The summed E-state index contributed by atoms with van der Waals surface area (Å²) < 4.78 is 0. The predicted molar refractivity (Wildman–Crippen MR) is 67.8 cm³/mol. The van der Waals surface area contributed by atoms with Gasteiger partial charge >= 0.3 is 0 Å². The molecule has 1 N–H and O–H groups in total. The number of rotatable bonds is 3. The summed E-state index contributed by atoms with van der Waals surface area (Å²) >= 11 is 5.99. The number of nitrogens with zero attached hydrogens (tertiary/aromatic N) is 1. The van der Waals surface area contributed by atoms with Crippen molar-refractivity contribution in [3.8, 4) is 6.07 Å². The fourth-order valence-electron chi connectivity index (χ4n) is 2.62. The van der Waals surface area contributed by atoms with Crippen LogP contribution in [0.15, 0.2) is 18.2 Å². The third-order valence-corrected chi connectivity index (χ3v) is 4.11. The monoisotopic (exact) mass is 246 g/mol.